The largest absolute Gasteiger partial charge is 0.392 e. The van der Waals surface area contributed by atoms with E-state index in [9.17, 15) is 4.79 Å². The predicted octanol–water partition coefficient (Wildman–Crippen LogP) is 0.0660. The third kappa shape index (κ3) is 3.36. The third-order valence-corrected chi connectivity index (χ3v) is 2.21. The summed E-state index contributed by atoms with van der Waals surface area (Å²) in [5.41, 5.74) is 2.69. The highest BCUT2D eigenvalue weighted by atomic mass is 16.3. The maximum atomic E-state index is 11.5. The van der Waals surface area contributed by atoms with Crippen molar-refractivity contribution in [3.63, 3.8) is 0 Å². The molecule has 1 aromatic rings. The van der Waals surface area contributed by atoms with Crippen LogP contribution >= 0.6 is 0 Å². The number of nitrogens with zero attached hydrogens (tertiary/aromatic N) is 1. The highest BCUT2D eigenvalue weighted by molar-refractivity contribution is 5.79. The highest BCUT2D eigenvalue weighted by Crippen LogP contribution is 2.09. The standard InChI is InChI=1S/C10H17N3O2/c1-6(14)5-11-10(15)4-9-7(2)12-13-8(9)3/h6,14H,4-5H2,1-3H3,(H,11,15)(H,12,13)/t6-/m0/s1. The zero-order chi connectivity index (χ0) is 11.4. The number of aryl methyl sites for hydroxylation is 2. The van der Waals surface area contributed by atoms with E-state index in [0.29, 0.717) is 6.42 Å². The van der Waals surface area contributed by atoms with E-state index < -0.39 is 6.10 Å². The number of carbonyl (C=O) groups is 1. The molecule has 0 unspecified atom stereocenters. The van der Waals surface area contributed by atoms with E-state index >= 15 is 0 Å². The van der Waals surface area contributed by atoms with Crippen LogP contribution in [0.5, 0.6) is 0 Å². The van der Waals surface area contributed by atoms with Crippen LogP contribution in [0.3, 0.4) is 0 Å². The number of H-pyrrole nitrogens is 1. The first kappa shape index (κ1) is 11.7. The molecular weight excluding hydrogens is 194 g/mol. The molecule has 0 bridgehead atoms. The normalized spacial score (nSPS) is 12.5. The Bertz CT molecular complexity index is 325. The molecule has 1 rings (SSSR count). The first-order chi connectivity index (χ1) is 7.00. The smallest absolute Gasteiger partial charge is 0.224 e. The second-order valence-corrected chi connectivity index (χ2v) is 3.74. The Morgan fingerprint density at radius 1 is 1.60 bits per heavy atom. The van der Waals surface area contributed by atoms with Crippen LogP contribution in [0, 0.1) is 13.8 Å². The van der Waals surface area contributed by atoms with Gasteiger partial charge in [-0.1, -0.05) is 0 Å². The molecule has 0 aliphatic carbocycles. The van der Waals surface area contributed by atoms with Crippen LogP contribution in [0.4, 0.5) is 0 Å². The van der Waals surface area contributed by atoms with Crippen molar-refractivity contribution >= 4 is 5.91 Å². The van der Waals surface area contributed by atoms with E-state index in [2.05, 4.69) is 15.5 Å². The molecule has 84 valence electrons. The number of nitrogens with one attached hydrogen (secondary N) is 2. The lowest BCUT2D eigenvalue weighted by Gasteiger charge is -2.06. The van der Waals surface area contributed by atoms with Gasteiger partial charge in [-0.05, 0) is 20.8 Å². The summed E-state index contributed by atoms with van der Waals surface area (Å²) in [5, 5.41) is 18.5. The summed E-state index contributed by atoms with van der Waals surface area (Å²) in [5.74, 6) is -0.0940. The van der Waals surface area contributed by atoms with Crippen LogP contribution in [-0.4, -0.2) is 33.9 Å². The Morgan fingerprint density at radius 2 is 2.27 bits per heavy atom. The Kier molecular flexibility index (Phi) is 3.85. The fourth-order valence-electron chi connectivity index (χ4n) is 1.32. The van der Waals surface area contributed by atoms with Gasteiger partial charge in [0.2, 0.25) is 5.91 Å². The molecular formula is C10H17N3O2. The van der Waals surface area contributed by atoms with Crippen molar-refractivity contribution in [1.82, 2.24) is 15.5 Å². The van der Waals surface area contributed by atoms with Crippen molar-refractivity contribution in [2.75, 3.05) is 6.54 Å². The van der Waals surface area contributed by atoms with Crippen molar-refractivity contribution in [3.05, 3.63) is 17.0 Å². The monoisotopic (exact) mass is 211 g/mol. The number of amides is 1. The minimum Gasteiger partial charge on any atom is -0.392 e. The van der Waals surface area contributed by atoms with Crippen molar-refractivity contribution in [1.29, 1.82) is 0 Å². The Labute approximate surface area is 88.9 Å². The molecule has 15 heavy (non-hydrogen) atoms. The van der Waals surface area contributed by atoms with Gasteiger partial charge in [0, 0.05) is 17.8 Å². The number of hydrogen-bond acceptors (Lipinski definition) is 3. The lowest BCUT2D eigenvalue weighted by Crippen LogP contribution is -2.31. The fourth-order valence-corrected chi connectivity index (χ4v) is 1.32. The van der Waals surface area contributed by atoms with E-state index in [1.54, 1.807) is 6.92 Å². The molecule has 0 radical (unpaired) electrons. The van der Waals surface area contributed by atoms with Gasteiger partial charge in [0.25, 0.3) is 0 Å². The Balaban J connectivity index is 2.51. The number of carbonyl (C=O) groups excluding carboxylic acids is 1. The molecule has 0 aromatic carbocycles. The molecule has 0 aliphatic rings. The quantitative estimate of drug-likeness (QED) is 0.659. The van der Waals surface area contributed by atoms with Gasteiger partial charge in [0.05, 0.1) is 18.2 Å². The van der Waals surface area contributed by atoms with Crippen molar-refractivity contribution in [2.45, 2.75) is 33.3 Å². The average molecular weight is 211 g/mol. The Morgan fingerprint density at radius 3 is 2.73 bits per heavy atom. The number of aliphatic hydroxyl groups is 1. The number of aromatic amines is 1. The molecule has 3 N–H and O–H groups in total. The van der Waals surface area contributed by atoms with Gasteiger partial charge in [-0.15, -0.1) is 0 Å². The molecule has 5 heteroatoms. The topological polar surface area (TPSA) is 78.0 Å². The SMILES string of the molecule is Cc1n[nH]c(C)c1CC(=O)NC[C@H](C)O. The molecule has 5 nitrogen and oxygen atoms in total. The summed E-state index contributed by atoms with van der Waals surface area (Å²) in [6.07, 6.45) is -0.207. The predicted molar refractivity (Wildman–Crippen MR) is 56.5 cm³/mol. The van der Waals surface area contributed by atoms with E-state index in [1.165, 1.54) is 0 Å². The summed E-state index contributed by atoms with van der Waals surface area (Å²) < 4.78 is 0. The van der Waals surface area contributed by atoms with Gasteiger partial charge in [-0.25, -0.2) is 0 Å². The maximum Gasteiger partial charge on any atom is 0.224 e. The molecule has 1 amide bonds. The average Bonchev–Trinajstić information content (AvgIpc) is 2.46. The first-order valence-electron chi connectivity index (χ1n) is 4.96. The summed E-state index contributed by atoms with van der Waals surface area (Å²) in [6.45, 7) is 5.67. The van der Waals surface area contributed by atoms with Crippen molar-refractivity contribution in [2.24, 2.45) is 0 Å². The number of aromatic nitrogens is 2. The summed E-state index contributed by atoms with van der Waals surface area (Å²) >= 11 is 0. The Hall–Kier alpha value is -1.36. The number of aliphatic hydroxyl groups excluding tert-OH is 1. The van der Waals surface area contributed by atoms with Gasteiger partial charge in [0.1, 0.15) is 0 Å². The van der Waals surface area contributed by atoms with Crippen LogP contribution in [0.1, 0.15) is 23.9 Å². The minimum atomic E-state index is -0.513. The van der Waals surface area contributed by atoms with Crippen LogP contribution < -0.4 is 5.32 Å². The van der Waals surface area contributed by atoms with E-state index in [-0.39, 0.29) is 12.5 Å². The van der Waals surface area contributed by atoms with Crippen LogP contribution in [0.15, 0.2) is 0 Å². The fraction of sp³-hybridized carbons (Fsp3) is 0.600. The molecule has 1 aromatic heterocycles. The molecule has 1 atom stereocenters. The summed E-state index contributed by atoms with van der Waals surface area (Å²) in [7, 11) is 0. The van der Waals surface area contributed by atoms with E-state index in [0.717, 1.165) is 17.0 Å². The van der Waals surface area contributed by atoms with Crippen LogP contribution in [0.2, 0.25) is 0 Å². The first-order valence-corrected chi connectivity index (χ1v) is 4.96. The van der Waals surface area contributed by atoms with Gasteiger partial charge >= 0.3 is 0 Å². The van der Waals surface area contributed by atoms with Gasteiger partial charge in [0.15, 0.2) is 0 Å². The molecule has 1 heterocycles. The van der Waals surface area contributed by atoms with E-state index in [4.69, 9.17) is 5.11 Å². The van der Waals surface area contributed by atoms with Crippen molar-refractivity contribution < 1.29 is 9.90 Å². The number of hydrogen-bond donors (Lipinski definition) is 3. The minimum absolute atomic E-state index is 0.0940. The molecule has 0 spiro atoms. The van der Waals surface area contributed by atoms with Crippen LogP contribution in [0.25, 0.3) is 0 Å². The zero-order valence-electron chi connectivity index (χ0n) is 9.29. The van der Waals surface area contributed by atoms with Gasteiger partial charge in [-0.3, -0.25) is 9.89 Å². The summed E-state index contributed by atoms with van der Waals surface area (Å²) in [4.78, 5) is 11.5. The molecule has 0 aliphatic heterocycles. The summed E-state index contributed by atoms with van der Waals surface area (Å²) in [6, 6.07) is 0. The molecule has 0 saturated heterocycles. The molecule has 0 fully saturated rings. The maximum absolute atomic E-state index is 11.5. The zero-order valence-corrected chi connectivity index (χ0v) is 9.29. The number of rotatable bonds is 4. The lowest BCUT2D eigenvalue weighted by molar-refractivity contribution is -0.120. The second kappa shape index (κ2) is 4.93. The van der Waals surface area contributed by atoms with E-state index in [1.807, 2.05) is 13.8 Å². The van der Waals surface area contributed by atoms with Gasteiger partial charge < -0.3 is 10.4 Å². The van der Waals surface area contributed by atoms with Gasteiger partial charge in [-0.2, -0.15) is 5.10 Å². The highest BCUT2D eigenvalue weighted by Gasteiger charge is 2.11. The second-order valence-electron chi connectivity index (χ2n) is 3.74. The third-order valence-electron chi connectivity index (χ3n) is 2.21. The molecule has 0 saturated carbocycles. The van der Waals surface area contributed by atoms with Crippen molar-refractivity contribution in [3.8, 4) is 0 Å². The van der Waals surface area contributed by atoms with Crippen LogP contribution in [-0.2, 0) is 11.2 Å². The lowest BCUT2D eigenvalue weighted by atomic mass is 10.1.